The van der Waals surface area contributed by atoms with Gasteiger partial charge in [-0.15, -0.1) is 0 Å². The summed E-state index contributed by atoms with van der Waals surface area (Å²) in [5, 5.41) is 3.37. The van der Waals surface area contributed by atoms with Crippen LogP contribution in [0.15, 0.2) is 30.6 Å². The molecule has 1 aliphatic heterocycles. The predicted octanol–water partition coefficient (Wildman–Crippen LogP) is 2.09. The molecule has 0 bridgehead atoms. The second-order valence-corrected chi connectivity index (χ2v) is 3.73. The summed E-state index contributed by atoms with van der Waals surface area (Å²) in [6.45, 7) is 2.32. The van der Waals surface area contributed by atoms with Gasteiger partial charge in [-0.3, -0.25) is 4.98 Å². The lowest BCUT2D eigenvalue weighted by Gasteiger charge is -2.19. The van der Waals surface area contributed by atoms with Crippen LogP contribution in [0.4, 0.5) is 0 Å². The fourth-order valence-corrected chi connectivity index (χ4v) is 1.76. The quantitative estimate of drug-likeness (QED) is 0.768. The van der Waals surface area contributed by atoms with Crippen LogP contribution in [-0.2, 0) is 0 Å². The van der Waals surface area contributed by atoms with Gasteiger partial charge in [0.1, 0.15) is 0 Å². The molecule has 0 atom stereocenters. The van der Waals surface area contributed by atoms with E-state index in [9.17, 15) is 0 Å². The third-order valence-electron chi connectivity index (χ3n) is 2.65. The molecule has 0 unspecified atom stereocenters. The molecular formula is C12H16N2. The van der Waals surface area contributed by atoms with Crippen LogP contribution in [0.5, 0.6) is 0 Å². The number of hydrogen-bond acceptors (Lipinski definition) is 2. The zero-order chi connectivity index (χ0) is 9.64. The minimum absolute atomic E-state index is 0.754. The highest BCUT2D eigenvalue weighted by atomic mass is 14.9. The maximum atomic E-state index is 4.00. The van der Waals surface area contributed by atoms with Crippen molar-refractivity contribution in [2.45, 2.75) is 12.8 Å². The Balaban J connectivity index is 1.93. The molecule has 1 aliphatic rings. The van der Waals surface area contributed by atoms with E-state index in [-0.39, 0.29) is 0 Å². The van der Waals surface area contributed by atoms with Crippen LogP contribution in [0.3, 0.4) is 0 Å². The predicted molar refractivity (Wildman–Crippen MR) is 58.9 cm³/mol. The summed E-state index contributed by atoms with van der Waals surface area (Å²) in [6.07, 6.45) is 10.7. The van der Waals surface area contributed by atoms with Gasteiger partial charge < -0.3 is 5.32 Å². The van der Waals surface area contributed by atoms with E-state index >= 15 is 0 Å². The second-order valence-electron chi connectivity index (χ2n) is 3.73. The zero-order valence-corrected chi connectivity index (χ0v) is 8.32. The lowest BCUT2D eigenvalue weighted by Crippen LogP contribution is -2.26. The van der Waals surface area contributed by atoms with Gasteiger partial charge in [-0.1, -0.05) is 12.2 Å². The van der Waals surface area contributed by atoms with E-state index < -0.39 is 0 Å². The molecule has 1 fully saturated rings. The number of hydrogen-bond donors (Lipinski definition) is 1. The van der Waals surface area contributed by atoms with Crippen molar-refractivity contribution in [1.29, 1.82) is 0 Å². The highest BCUT2D eigenvalue weighted by molar-refractivity contribution is 5.48. The number of allylic oxidation sites excluding steroid dienone is 1. The van der Waals surface area contributed by atoms with Gasteiger partial charge in [-0.05, 0) is 49.5 Å². The molecule has 1 aromatic heterocycles. The fraction of sp³-hybridized carbons (Fsp3) is 0.417. The topological polar surface area (TPSA) is 24.9 Å². The van der Waals surface area contributed by atoms with Crippen LogP contribution < -0.4 is 5.32 Å². The van der Waals surface area contributed by atoms with Crippen molar-refractivity contribution in [2.24, 2.45) is 5.92 Å². The van der Waals surface area contributed by atoms with Crippen LogP contribution >= 0.6 is 0 Å². The second kappa shape index (κ2) is 4.91. The summed E-state index contributed by atoms with van der Waals surface area (Å²) >= 11 is 0. The number of rotatable bonds is 2. The van der Waals surface area contributed by atoms with Crippen LogP contribution in [0.2, 0.25) is 0 Å². The Morgan fingerprint density at radius 2 is 1.93 bits per heavy atom. The summed E-state index contributed by atoms with van der Waals surface area (Å²) in [7, 11) is 0. The van der Waals surface area contributed by atoms with E-state index in [1.54, 1.807) is 0 Å². The van der Waals surface area contributed by atoms with Crippen LogP contribution in [0, 0.1) is 5.92 Å². The molecule has 1 saturated heterocycles. The van der Waals surface area contributed by atoms with E-state index in [1.165, 1.54) is 18.4 Å². The van der Waals surface area contributed by atoms with Crippen molar-refractivity contribution < 1.29 is 0 Å². The molecular weight excluding hydrogens is 172 g/mol. The van der Waals surface area contributed by atoms with Crippen molar-refractivity contribution in [3.63, 3.8) is 0 Å². The largest absolute Gasteiger partial charge is 0.317 e. The van der Waals surface area contributed by atoms with E-state index in [1.807, 2.05) is 24.5 Å². The maximum absolute atomic E-state index is 4.00. The summed E-state index contributed by atoms with van der Waals surface area (Å²) in [4.78, 5) is 4.00. The third kappa shape index (κ3) is 2.67. The lowest BCUT2D eigenvalue weighted by atomic mass is 9.97. The van der Waals surface area contributed by atoms with Gasteiger partial charge in [0, 0.05) is 12.4 Å². The monoisotopic (exact) mass is 188 g/mol. The summed E-state index contributed by atoms with van der Waals surface area (Å²) in [5.74, 6) is 0.754. The Morgan fingerprint density at radius 3 is 2.64 bits per heavy atom. The Kier molecular flexibility index (Phi) is 3.30. The molecule has 74 valence electrons. The van der Waals surface area contributed by atoms with Crippen molar-refractivity contribution >= 4 is 6.08 Å². The number of nitrogens with zero attached hydrogens (tertiary/aromatic N) is 1. The zero-order valence-electron chi connectivity index (χ0n) is 8.32. The molecule has 0 aliphatic carbocycles. The number of nitrogens with one attached hydrogen (secondary N) is 1. The highest BCUT2D eigenvalue weighted by Gasteiger charge is 2.08. The molecule has 2 nitrogen and oxygen atoms in total. The van der Waals surface area contributed by atoms with Crippen molar-refractivity contribution in [3.8, 4) is 0 Å². The molecule has 2 heterocycles. The Bertz CT molecular complexity index is 286. The Labute approximate surface area is 85.1 Å². The summed E-state index contributed by atoms with van der Waals surface area (Å²) in [5.41, 5.74) is 1.25. The van der Waals surface area contributed by atoms with Crippen molar-refractivity contribution in [2.75, 3.05) is 13.1 Å². The first-order valence-electron chi connectivity index (χ1n) is 5.24. The van der Waals surface area contributed by atoms with Crippen molar-refractivity contribution in [1.82, 2.24) is 10.3 Å². The summed E-state index contributed by atoms with van der Waals surface area (Å²) in [6, 6.07) is 4.08. The molecule has 2 heteroatoms. The van der Waals surface area contributed by atoms with E-state index in [0.29, 0.717) is 0 Å². The molecule has 0 amide bonds. The van der Waals surface area contributed by atoms with E-state index in [0.717, 1.165) is 19.0 Å². The molecule has 1 N–H and O–H groups in total. The normalized spacial score (nSPS) is 18.9. The first-order valence-corrected chi connectivity index (χ1v) is 5.24. The molecule has 14 heavy (non-hydrogen) atoms. The van der Waals surface area contributed by atoms with Gasteiger partial charge in [0.05, 0.1) is 0 Å². The van der Waals surface area contributed by atoms with Gasteiger partial charge in [0.2, 0.25) is 0 Å². The van der Waals surface area contributed by atoms with E-state index in [2.05, 4.69) is 22.5 Å². The molecule has 0 saturated carbocycles. The van der Waals surface area contributed by atoms with Gasteiger partial charge in [0.25, 0.3) is 0 Å². The Morgan fingerprint density at radius 1 is 1.21 bits per heavy atom. The molecule has 0 aromatic carbocycles. The minimum atomic E-state index is 0.754. The SMILES string of the molecule is C(=C\C1CCNCC1)/c1ccncc1. The maximum Gasteiger partial charge on any atom is 0.0273 e. The fourth-order valence-electron chi connectivity index (χ4n) is 1.76. The first-order chi connectivity index (χ1) is 6.95. The minimum Gasteiger partial charge on any atom is -0.317 e. The average Bonchev–Trinajstić information content (AvgIpc) is 2.29. The van der Waals surface area contributed by atoms with Crippen molar-refractivity contribution in [3.05, 3.63) is 36.2 Å². The standard InChI is InChI=1S/C12H16N2/c1(11-3-7-13-8-4-11)2-12-5-9-14-10-6-12/h1-4,7-8,12,14H,5-6,9-10H2/b2-1+. The van der Waals surface area contributed by atoms with Gasteiger partial charge in [-0.2, -0.15) is 0 Å². The van der Waals surface area contributed by atoms with Gasteiger partial charge in [0.15, 0.2) is 0 Å². The molecule has 0 radical (unpaired) electrons. The molecule has 0 spiro atoms. The molecule has 1 aromatic rings. The van der Waals surface area contributed by atoms with Crippen LogP contribution in [-0.4, -0.2) is 18.1 Å². The number of aromatic nitrogens is 1. The van der Waals surface area contributed by atoms with Crippen LogP contribution in [0.25, 0.3) is 6.08 Å². The number of pyridine rings is 1. The first kappa shape index (κ1) is 9.41. The highest BCUT2D eigenvalue weighted by Crippen LogP contribution is 2.14. The third-order valence-corrected chi connectivity index (χ3v) is 2.65. The smallest absolute Gasteiger partial charge is 0.0273 e. The van der Waals surface area contributed by atoms with Gasteiger partial charge >= 0.3 is 0 Å². The van der Waals surface area contributed by atoms with E-state index in [4.69, 9.17) is 0 Å². The Hall–Kier alpha value is -1.15. The van der Waals surface area contributed by atoms with Gasteiger partial charge in [-0.25, -0.2) is 0 Å². The van der Waals surface area contributed by atoms with Crippen LogP contribution in [0.1, 0.15) is 18.4 Å². The lowest BCUT2D eigenvalue weighted by molar-refractivity contribution is 0.438. The molecule has 2 rings (SSSR count). The number of piperidine rings is 1. The summed E-state index contributed by atoms with van der Waals surface area (Å²) < 4.78 is 0. The average molecular weight is 188 g/mol.